The predicted molar refractivity (Wildman–Crippen MR) is 91.9 cm³/mol. The second kappa shape index (κ2) is 11.5. The number of nitrogens with one attached hydrogen (secondary N) is 3. The minimum absolute atomic E-state index is 0.160. The van der Waals surface area contributed by atoms with Crippen LogP contribution in [0.5, 0.6) is 0 Å². The molecule has 0 saturated heterocycles. The highest BCUT2D eigenvalue weighted by atomic mass is 16.4. The van der Waals surface area contributed by atoms with Gasteiger partial charge in [-0.25, -0.2) is 0 Å². The summed E-state index contributed by atoms with van der Waals surface area (Å²) in [6.07, 6.45) is -1.33. The molecule has 4 atom stereocenters. The van der Waals surface area contributed by atoms with Crippen LogP contribution in [0.3, 0.4) is 0 Å². The third kappa shape index (κ3) is 9.47. The minimum Gasteiger partial charge on any atom is -0.481 e. The molecule has 13 heteroatoms. The molecule has 0 spiro atoms. The van der Waals surface area contributed by atoms with E-state index in [4.69, 9.17) is 21.1 Å². The number of carbonyl (C=O) groups is 6. The van der Waals surface area contributed by atoms with Crippen LogP contribution in [0.25, 0.3) is 0 Å². The van der Waals surface area contributed by atoms with Crippen LogP contribution in [-0.4, -0.2) is 75.1 Å². The summed E-state index contributed by atoms with van der Waals surface area (Å²) in [6.45, 7) is 2.40. The molecule has 0 bridgehead atoms. The number of carbonyl (C=O) groups excluding carboxylic acids is 3. The van der Waals surface area contributed by atoms with Gasteiger partial charge in [-0.3, -0.25) is 28.8 Å². The Morgan fingerprint density at radius 2 is 1.32 bits per heavy atom. The van der Waals surface area contributed by atoms with E-state index in [1.54, 1.807) is 0 Å². The molecule has 158 valence electrons. The highest BCUT2D eigenvalue weighted by molar-refractivity contribution is 5.95. The van der Waals surface area contributed by atoms with Crippen molar-refractivity contribution in [1.82, 2.24) is 16.0 Å². The normalized spacial score (nSPS) is 14.7. The van der Waals surface area contributed by atoms with E-state index in [2.05, 4.69) is 10.6 Å². The van der Waals surface area contributed by atoms with Crippen LogP contribution in [0.2, 0.25) is 0 Å². The lowest BCUT2D eigenvalue weighted by Gasteiger charge is -2.22. The summed E-state index contributed by atoms with van der Waals surface area (Å²) >= 11 is 0. The van der Waals surface area contributed by atoms with Crippen LogP contribution in [0.15, 0.2) is 0 Å². The Morgan fingerprint density at radius 1 is 0.786 bits per heavy atom. The quantitative estimate of drug-likeness (QED) is 0.177. The summed E-state index contributed by atoms with van der Waals surface area (Å²) in [5, 5.41) is 32.6. The minimum atomic E-state index is -1.58. The first-order valence-corrected chi connectivity index (χ1v) is 8.18. The number of rotatable bonds is 12. The van der Waals surface area contributed by atoms with Crippen molar-refractivity contribution in [2.45, 2.75) is 57.3 Å². The molecule has 0 aromatic rings. The second-order valence-electron chi connectivity index (χ2n) is 6.00. The summed E-state index contributed by atoms with van der Waals surface area (Å²) in [5.74, 6) is -6.67. The van der Waals surface area contributed by atoms with Gasteiger partial charge in [0.1, 0.15) is 18.1 Å². The van der Waals surface area contributed by atoms with Crippen molar-refractivity contribution in [1.29, 1.82) is 0 Å². The Hall–Kier alpha value is -3.22. The van der Waals surface area contributed by atoms with Crippen LogP contribution in [0.4, 0.5) is 0 Å². The van der Waals surface area contributed by atoms with Crippen molar-refractivity contribution in [2.24, 2.45) is 5.73 Å². The third-order valence-electron chi connectivity index (χ3n) is 3.50. The highest BCUT2D eigenvalue weighted by Crippen LogP contribution is 1.99. The summed E-state index contributed by atoms with van der Waals surface area (Å²) in [7, 11) is 0. The van der Waals surface area contributed by atoms with Gasteiger partial charge in [0.15, 0.2) is 0 Å². The van der Waals surface area contributed by atoms with Gasteiger partial charge in [0.2, 0.25) is 17.7 Å². The van der Waals surface area contributed by atoms with E-state index >= 15 is 0 Å². The van der Waals surface area contributed by atoms with E-state index in [0.717, 1.165) is 6.92 Å². The van der Waals surface area contributed by atoms with Crippen molar-refractivity contribution < 1.29 is 44.1 Å². The number of hydrogen-bond acceptors (Lipinski definition) is 7. The Balaban J connectivity index is 4.89. The summed E-state index contributed by atoms with van der Waals surface area (Å²) in [5.41, 5.74) is 5.51. The first-order valence-electron chi connectivity index (χ1n) is 8.18. The van der Waals surface area contributed by atoms with E-state index in [9.17, 15) is 28.8 Å². The van der Waals surface area contributed by atoms with Crippen molar-refractivity contribution in [3.63, 3.8) is 0 Å². The molecule has 0 aromatic carbocycles. The second-order valence-corrected chi connectivity index (χ2v) is 6.00. The maximum absolute atomic E-state index is 12.1. The fourth-order valence-corrected chi connectivity index (χ4v) is 1.85. The number of nitrogens with two attached hydrogens (primary N) is 1. The lowest BCUT2D eigenvalue weighted by molar-refractivity contribution is -0.143. The molecule has 8 N–H and O–H groups in total. The van der Waals surface area contributed by atoms with Crippen molar-refractivity contribution >= 4 is 35.6 Å². The van der Waals surface area contributed by atoms with Crippen molar-refractivity contribution in [3.8, 4) is 0 Å². The van der Waals surface area contributed by atoms with E-state index in [0.29, 0.717) is 0 Å². The van der Waals surface area contributed by atoms with Gasteiger partial charge in [0.05, 0.1) is 12.5 Å². The molecule has 0 rings (SSSR count). The van der Waals surface area contributed by atoms with Gasteiger partial charge < -0.3 is 37.0 Å². The number of carboxylic acid groups (broad SMARTS) is 3. The van der Waals surface area contributed by atoms with E-state index < -0.39 is 66.2 Å². The molecule has 13 nitrogen and oxygen atoms in total. The maximum Gasteiger partial charge on any atom is 0.325 e. The van der Waals surface area contributed by atoms with Gasteiger partial charge in [-0.1, -0.05) is 0 Å². The average molecular weight is 404 g/mol. The third-order valence-corrected chi connectivity index (χ3v) is 3.50. The van der Waals surface area contributed by atoms with Gasteiger partial charge >= 0.3 is 17.9 Å². The molecule has 0 aromatic heterocycles. The van der Waals surface area contributed by atoms with Crippen LogP contribution in [-0.2, 0) is 28.8 Å². The van der Waals surface area contributed by atoms with Gasteiger partial charge in [-0.15, -0.1) is 0 Å². The molecule has 0 radical (unpaired) electrons. The molecule has 0 aliphatic heterocycles. The molecular formula is C15H24N4O9. The summed E-state index contributed by atoms with van der Waals surface area (Å²) in [4.78, 5) is 68.1. The van der Waals surface area contributed by atoms with Gasteiger partial charge in [-0.2, -0.15) is 0 Å². The van der Waals surface area contributed by atoms with Crippen LogP contribution in [0.1, 0.15) is 33.1 Å². The Morgan fingerprint density at radius 3 is 1.79 bits per heavy atom. The number of carboxylic acids is 3. The fraction of sp³-hybridized carbons (Fsp3) is 0.600. The van der Waals surface area contributed by atoms with Gasteiger partial charge in [0, 0.05) is 6.42 Å². The van der Waals surface area contributed by atoms with Gasteiger partial charge in [0.25, 0.3) is 0 Å². The van der Waals surface area contributed by atoms with E-state index in [1.165, 1.54) is 6.92 Å². The molecule has 28 heavy (non-hydrogen) atoms. The largest absolute Gasteiger partial charge is 0.481 e. The zero-order valence-corrected chi connectivity index (χ0v) is 15.3. The van der Waals surface area contributed by atoms with Gasteiger partial charge in [-0.05, 0) is 20.3 Å². The Kier molecular flexibility index (Phi) is 10.2. The van der Waals surface area contributed by atoms with Crippen LogP contribution >= 0.6 is 0 Å². The number of amides is 3. The first kappa shape index (κ1) is 24.8. The molecule has 0 aliphatic carbocycles. The molecule has 0 aliphatic rings. The highest BCUT2D eigenvalue weighted by Gasteiger charge is 2.29. The standard InChI is InChI=1S/C15H24N4O9/c1-6(17-13(25)8(16)3-4-10(20)21)12(24)19-9(5-11(22)23)14(26)18-7(2)15(27)28/h6-9H,3-5,16H2,1-2H3,(H,17,25)(H,18,26)(H,19,24)(H,20,21)(H,22,23)(H,27,28). The van der Waals surface area contributed by atoms with Crippen LogP contribution in [0, 0.1) is 0 Å². The van der Waals surface area contributed by atoms with Crippen LogP contribution < -0.4 is 21.7 Å². The molecule has 3 amide bonds. The zero-order valence-electron chi connectivity index (χ0n) is 15.3. The SMILES string of the molecule is CC(NC(=O)C(CC(=O)O)NC(=O)C(C)NC(=O)C(N)CCC(=O)O)C(=O)O. The monoisotopic (exact) mass is 404 g/mol. The lowest BCUT2D eigenvalue weighted by atomic mass is 10.1. The summed E-state index contributed by atoms with van der Waals surface area (Å²) in [6, 6.07) is -5.29. The first-order chi connectivity index (χ1) is 12.8. The Labute approximate surface area is 159 Å². The zero-order chi connectivity index (χ0) is 22.0. The topological polar surface area (TPSA) is 225 Å². The summed E-state index contributed by atoms with van der Waals surface area (Å²) < 4.78 is 0. The lowest BCUT2D eigenvalue weighted by Crippen LogP contribution is -2.56. The van der Waals surface area contributed by atoms with Crippen molar-refractivity contribution in [3.05, 3.63) is 0 Å². The Bertz CT molecular complexity index is 637. The molecule has 0 heterocycles. The number of aliphatic carboxylic acids is 3. The molecule has 0 fully saturated rings. The van der Waals surface area contributed by atoms with E-state index in [-0.39, 0.29) is 12.8 Å². The molecular weight excluding hydrogens is 380 g/mol. The fourth-order valence-electron chi connectivity index (χ4n) is 1.85. The van der Waals surface area contributed by atoms with Crippen molar-refractivity contribution in [2.75, 3.05) is 0 Å². The molecule has 0 saturated carbocycles. The molecule has 4 unspecified atom stereocenters. The maximum atomic E-state index is 12.1. The smallest absolute Gasteiger partial charge is 0.325 e. The average Bonchev–Trinajstić information content (AvgIpc) is 2.57. The predicted octanol–water partition coefficient (Wildman–Crippen LogP) is -2.77. The van der Waals surface area contributed by atoms with E-state index in [1.807, 2.05) is 5.32 Å². The number of hydrogen-bond donors (Lipinski definition) is 7.